The quantitative estimate of drug-likeness (QED) is 0.397. The zero-order valence-electron chi connectivity index (χ0n) is 24.0. The van der Waals surface area contributed by atoms with Gasteiger partial charge in [0.25, 0.3) is 0 Å². The van der Waals surface area contributed by atoms with Crippen LogP contribution in [0.15, 0.2) is 11.6 Å². The summed E-state index contributed by atoms with van der Waals surface area (Å²) in [5.74, 6) is 0.709. The number of carbonyl (C=O) groups is 1. The molecule has 6 heteroatoms. The van der Waals surface area contributed by atoms with E-state index in [1.807, 2.05) is 6.92 Å². The zero-order chi connectivity index (χ0) is 27.4. The highest BCUT2D eigenvalue weighted by Crippen LogP contribution is 2.73. The molecule has 5 aliphatic carbocycles. The van der Waals surface area contributed by atoms with Crippen LogP contribution < -0.4 is 0 Å². The summed E-state index contributed by atoms with van der Waals surface area (Å²) in [6, 6.07) is 0. The lowest BCUT2D eigenvalue weighted by Gasteiger charge is -2.63. The second kappa shape index (κ2) is 8.85. The molecule has 12 atom stereocenters. The highest BCUT2D eigenvalue weighted by atomic mass is 16.6. The van der Waals surface area contributed by atoms with Crippen molar-refractivity contribution >= 4 is 5.78 Å². The van der Waals surface area contributed by atoms with Gasteiger partial charge in [-0.1, -0.05) is 40.5 Å². The summed E-state index contributed by atoms with van der Waals surface area (Å²) in [5, 5.41) is 46.3. The second-order valence-electron chi connectivity index (χ2n) is 15.0. The fourth-order valence-corrected chi connectivity index (χ4v) is 10.8. The molecule has 12 unspecified atom stereocenters. The van der Waals surface area contributed by atoms with Crippen molar-refractivity contribution in [2.75, 3.05) is 0 Å². The van der Waals surface area contributed by atoms with Crippen LogP contribution in [0, 0.1) is 46.3 Å². The molecule has 0 aromatic carbocycles. The smallest absolute Gasteiger partial charge is 0.159 e. The van der Waals surface area contributed by atoms with Crippen molar-refractivity contribution in [3.63, 3.8) is 0 Å². The molecule has 1 aliphatic heterocycles. The molecule has 0 aromatic rings. The maximum atomic E-state index is 13.6. The molecule has 4 N–H and O–H groups in total. The van der Waals surface area contributed by atoms with E-state index in [1.165, 1.54) is 0 Å². The summed E-state index contributed by atoms with van der Waals surface area (Å²) in [6.07, 6.45) is 7.88. The van der Waals surface area contributed by atoms with Gasteiger partial charge in [-0.15, -0.1) is 0 Å². The van der Waals surface area contributed by atoms with Gasteiger partial charge in [0.05, 0.1) is 29.5 Å². The monoisotopic (exact) mass is 530 g/mol. The van der Waals surface area contributed by atoms with E-state index in [-0.39, 0.29) is 42.2 Å². The number of fused-ring (bicyclic) bond motifs is 5. The molecule has 38 heavy (non-hydrogen) atoms. The summed E-state index contributed by atoms with van der Waals surface area (Å²) in [7, 11) is 0. The Bertz CT molecular complexity index is 998. The molecule has 0 spiro atoms. The summed E-state index contributed by atoms with van der Waals surface area (Å²) in [5.41, 5.74) is -2.29. The molecular formula is C32H50O6. The fraction of sp³-hybridized carbons (Fsp3) is 0.906. The third-order valence-corrected chi connectivity index (χ3v) is 13.2. The van der Waals surface area contributed by atoms with Crippen LogP contribution in [0.25, 0.3) is 0 Å². The molecule has 0 bridgehead atoms. The van der Waals surface area contributed by atoms with Gasteiger partial charge in [-0.3, -0.25) is 4.79 Å². The van der Waals surface area contributed by atoms with E-state index in [4.69, 9.17) is 4.74 Å². The summed E-state index contributed by atoms with van der Waals surface area (Å²) < 4.78 is 6.22. The van der Waals surface area contributed by atoms with E-state index in [2.05, 4.69) is 27.7 Å². The molecule has 4 saturated carbocycles. The Morgan fingerprint density at radius 3 is 2.37 bits per heavy atom. The molecule has 1 heterocycles. The van der Waals surface area contributed by atoms with E-state index < -0.39 is 34.2 Å². The SMILES string of the molecule is CC(C)C(C)C1OC1C(C)(O)C1CCC2(O)C3=CC(=O)C4CC(O)C(O)CC4(C)C3CCC12C1CCCC1. The largest absolute Gasteiger partial charge is 0.390 e. The first-order valence-electron chi connectivity index (χ1n) is 15.5. The highest BCUT2D eigenvalue weighted by molar-refractivity contribution is 5.95. The van der Waals surface area contributed by atoms with Crippen LogP contribution in [-0.2, 0) is 9.53 Å². The lowest BCUT2D eigenvalue weighted by Crippen LogP contribution is -2.65. The van der Waals surface area contributed by atoms with Crippen LogP contribution in [0.4, 0.5) is 0 Å². The van der Waals surface area contributed by atoms with Gasteiger partial charge < -0.3 is 25.2 Å². The summed E-state index contributed by atoms with van der Waals surface area (Å²) in [6.45, 7) is 10.7. The number of ketones is 1. The van der Waals surface area contributed by atoms with Crippen LogP contribution in [0.1, 0.15) is 98.8 Å². The van der Waals surface area contributed by atoms with Crippen molar-refractivity contribution in [2.24, 2.45) is 46.3 Å². The van der Waals surface area contributed by atoms with Crippen molar-refractivity contribution in [1.29, 1.82) is 0 Å². The third-order valence-electron chi connectivity index (χ3n) is 13.2. The number of hydrogen-bond acceptors (Lipinski definition) is 6. The van der Waals surface area contributed by atoms with Gasteiger partial charge in [-0.05, 0) is 105 Å². The third kappa shape index (κ3) is 3.52. The van der Waals surface area contributed by atoms with Crippen LogP contribution in [0.3, 0.4) is 0 Å². The zero-order valence-corrected chi connectivity index (χ0v) is 24.0. The van der Waals surface area contributed by atoms with Gasteiger partial charge in [0.2, 0.25) is 0 Å². The maximum absolute atomic E-state index is 13.6. The van der Waals surface area contributed by atoms with Crippen molar-refractivity contribution in [1.82, 2.24) is 0 Å². The minimum atomic E-state index is -1.14. The normalized spacial score (nSPS) is 51.2. The van der Waals surface area contributed by atoms with Gasteiger partial charge in [0.15, 0.2) is 5.78 Å². The number of aliphatic hydroxyl groups is 4. The van der Waals surface area contributed by atoms with E-state index in [0.29, 0.717) is 30.6 Å². The van der Waals surface area contributed by atoms with Crippen molar-refractivity contribution < 1.29 is 30.0 Å². The predicted octanol–water partition coefficient (Wildman–Crippen LogP) is 4.17. The number of epoxide rings is 1. The van der Waals surface area contributed by atoms with Gasteiger partial charge in [-0.2, -0.15) is 0 Å². The Kier molecular flexibility index (Phi) is 6.38. The molecule has 214 valence electrons. The minimum Gasteiger partial charge on any atom is -0.390 e. The number of hydrogen-bond donors (Lipinski definition) is 4. The Balaban J connectivity index is 1.41. The van der Waals surface area contributed by atoms with Crippen LogP contribution in [-0.4, -0.2) is 61.8 Å². The van der Waals surface area contributed by atoms with E-state index in [9.17, 15) is 25.2 Å². The Morgan fingerprint density at radius 1 is 1.03 bits per heavy atom. The van der Waals surface area contributed by atoms with E-state index in [0.717, 1.165) is 50.5 Å². The number of rotatable bonds is 5. The van der Waals surface area contributed by atoms with Gasteiger partial charge >= 0.3 is 0 Å². The van der Waals surface area contributed by atoms with Crippen molar-refractivity contribution in [2.45, 2.75) is 134 Å². The van der Waals surface area contributed by atoms with E-state index >= 15 is 0 Å². The average Bonchev–Trinajstić information content (AvgIpc) is 3.33. The molecule has 0 aromatic heterocycles. The number of ether oxygens (including phenoxy) is 1. The molecule has 6 aliphatic rings. The maximum Gasteiger partial charge on any atom is 0.159 e. The summed E-state index contributed by atoms with van der Waals surface area (Å²) >= 11 is 0. The van der Waals surface area contributed by atoms with Crippen LogP contribution in [0.2, 0.25) is 0 Å². The molecule has 6 rings (SSSR count). The molecule has 1 saturated heterocycles. The highest BCUT2D eigenvalue weighted by Gasteiger charge is 2.74. The van der Waals surface area contributed by atoms with Crippen molar-refractivity contribution in [3.8, 4) is 0 Å². The first-order chi connectivity index (χ1) is 17.8. The molecule has 0 radical (unpaired) electrons. The van der Waals surface area contributed by atoms with Gasteiger partial charge in [-0.25, -0.2) is 0 Å². The number of allylic oxidation sites excluding steroid dienone is 1. The van der Waals surface area contributed by atoms with Crippen LogP contribution in [0.5, 0.6) is 0 Å². The first kappa shape index (κ1) is 27.4. The average molecular weight is 531 g/mol. The topological polar surface area (TPSA) is 111 Å². The fourth-order valence-electron chi connectivity index (χ4n) is 10.8. The van der Waals surface area contributed by atoms with Gasteiger partial charge in [0.1, 0.15) is 6.10 Å². The molecular weight excluding hydrogens is 480 g/mol. The Morgan fingerprint density at radius 2 is 1.71 bits per heavy atom. The Labute approximate surface area is 228 Å². The van der Waals surface area contributed by atoms with Gasteiger partial charge in [0, 0.05) is 11.3 Å². The van der Waals surface area contributed by atoms with E-state index in [1.54, 1.807) is 6.08 Å². The summed E-state index contributed by atoms with van der Waals surface area (Å²) in [4.78, 5) is 13.6. The van der Waals surface area contributed by atoms with Crippen molar-refractivity contribution in [3.05, 3.63) is 11.6 Å². The molecule has 6 nitrogen and oxygen atoms in total. The number of aliphatic hydroxyl groups excluding tert-OH is 2. The Hall–Kier alpha value is -0.790. The second-order valence-corrected chi connectivity index (χ2v) is 15.0. The molecule has 5 fully saturated rings. The first-order valence-corrected chi connectivity index (χ1v) is 15.5. The standard InChI is InChI=1S/C32H50O6/c1-17(2)18(3)27-28(38-27)30(5,36)26-11-13-32(37)21-14-23(33)22-15-24(34)25(35)16-29(22,4)20(21)10-12-31(26,32)19-8-6-7-9-19/h14,17-20,22,24-28,34-37H,6-13,15-16H2,1-5H3. The predicted molar refractivity (Wildman–Crippen MR) is 144 cm³/mol. The minimum absolute atomic E-state index is 0.00136. The van der Waals surface area contributed by atoms with Crippen LogP contribution >= 0.6 is 0 Å². The number of carbonyl (C=O) groups excluding carboxylic acids is 1. The lowest BCUT2D eigenvalue weighted by molar-refractivity contribution is -0.182. The molecule has 0 amide bonds. The lowest BCUT2D eigenvalue weighted by atomic mass is 9.43.